The maximum absolute atomic E-state index is 12.6. The predicted octanol–water partition coefficient (Wildman–Crippen LogP) is 2.88. The zero-order valence-corrected chi connectivity index (χ0v) is 13.1. The lowest BCUT2D eigenvalue weighted by atomic mass is 9.91. The highest BCUT2D eigenvalue weighted by Crippen LogP contribution is 2.48. The second-order valence-electron chi connectivity index (χ2n) is 6.75. The number of ether oxygens (including phenoxy) is 1. The zero-order valence-electron chi connectivity index (χ0n) is 13.1. The molecule has 2 aliphatic rings. The van der Waals surface area contributed by atoms with Gasteiger partial charge >= 0.3 is 0 Å². The Hall–Kier alpha value is -1.35. The van der Waals surface area contributed by atoms with Crippen LogP contribution in [0.25, 0.3) is 0 Å². The van der Waals surface area contributed by atoms with E-state index >= 15 is 0 Å². The Balaban J connectivity index is 1.65. The molecule has 3 nitrogen and oxygen atoms in total. The third-order valence-electron chi connectivity index (χ3n) is 4.76. The molecule has 1 aromatic carbocycles. The number of hydrogen-bond acceptors (Lipinski definition) is 2. The molecule has 1 atom stereocenters. The van der Waals surface area contributed by atoms with E-state index in [4.69, 9.17) is 4.74 Å². The lowest BCUT2D eigenvalue weighted by Crippen LogP contribution is -2.39. The lowest BCUT2D eigenvalue weighted by Gasteiger charge is -2.24. The standard InChI is InChI=1S/C18H25NO2/c1-13-8-14(2)10-16(9-13)18(5-6-18)17(20)19-11-15-4-3-7-21-12-15/h8-10,15H,3-7,11-12H2,1-2H3,(H,19,20)/t15-/m1/s1. The van der Waals surface area contributed by atoms with Crippen LogP contribution in [-0.4, -0.2) is 25.7 Å². The summed E-state index contributed by atoms with van der Waals surface area (Å²) in [6.45, 7) is 6.62. The molecule has 1 saturated carbocycles. The minimum atomic E-state index is -0.258. The van der Waals surface area contributed by atoms with E-state index in [1.54, 1.807) is 0 Å². The minimum Gasteiger partial charge on any atom is -0.381 e. The van der Waals surface area contributed by atoms with Crippen LogP contribution in [0.2, 0.25) is 0 Å². The number of hydrogen-bond donors (Lipinski definition) is 1. The van der Waals surface area contributed by atoms with Crippen molar-refractivity contribution >= 4 is 5.91 Å². The van der Waals surface area contributed by atoms with Gasteiger partial charge in [0.15, 0.2) is 0 Å². The highest BCUT2D eigenvalue weighted by atomic mass is 16.5. The fraction of sp³-hybridized carbons (Fsp3) is 0.611. The van der Waals surface area contributed by atoms with Crippen LogP contribution in [0.5, 0.6) is 0 Å². The van der Waals surface area contributed by atoms with Gasteiger partial charge in [0, 0.05) is 13.2 Å². The van der Waals surface area contributed by atoms with E-state index in [1.807, 2.05) is 0 Å². The molecular formula is C18H25NO2. The van der Waals surface area contributed by atoms with Gasteiger partial charge in [-0.05, 0) is 51.0 Å². The average molecular weight is 287 g/mol. The Bertz CT molecular complexity index is 508. The summed E-state index contributed by atoms with van der Waals surface area (Å²) in [5.41, 5.74) is 3.42. The van der Waals surface area contributed by atoms with Gasteiger partial charge in [0.2, 0.25) is 5.91 Å². The Labute approximate surface area is 127 Å². The second-order valence-corrected chi connectivity index (χ2v) is 6.75. The third-order valence-corrected chi connectivity index (χ3v) is 4.76. The van der Waals surface area contributed by atoms with Crippen molar-refractivity contribution in [1.29, 1.82) is 0 Å². The molecule has 3 heteroatoms. The van der Waals surface area contributed by atoms with Gasteiger partial charge in [-0.1, -0.05) is 29.3 Å². The Morgan fingerprint density at radius 2 is 2.00 bits per heavy atom. The molecule has 1 heterocycles. The van der Waals surface area contributed by atoms with E-state index < -0.39 is 0 Å². The number of rotatable bonds is 4. The molecule has 21 heavy (non-hydrogen) atoms. The van der Waals surface area contributed by atoms with Crippen molar-refractivity contribution in [3.05, 3.63) is 34.9 Å². The van der Waals surface area contributed by atoms with Gasteiger partial charge in [-0.25, -0.2) is 0 Å². The number of benzene rings is 1. The molecule has 2 fully saturated rings. The highest BCUT2D eigenvalue weighted by Gasteiger charge is 2.51. The predicted molar refractivity (Wildman–Crippen MR) is 83.4 cm³/mol. The zero-order chi connectivity index (χ0) is 14.9. The number of nitrogens with one attached hydrogen (secondary N) is 1. The van der Waals surface area contributed by atoms with E-state index in [0.717, 1.165) is 45.4 Å². The van der Waals surface area contributed by atoms with Crippen molar-refractivity contribution in [2.24, 2.45) is 5.92 Å². The first-order valence-electron chi connectivity index (χ1n) is 8.05. The van der Waals surface area contributed by atoms with E-state index in [9.17, 15) is 4.79 Å². The molecule has 0 radical (unpaired) electrons. The number of aryl methyl sites for hydroxylation is 2. The summed E-state index contributed by atoms with van der Waals surface area (Å²) >= 11 is 0. The van der Waals surface area contributed by atoms with Gasteiger partial charge in [-0.3, -0.25) is 4.79 Å². The maximum atomic E-state index is 12.6. The summed E-state index contributed by atoms with van der Waals surface area (Å²) in [7, 11) is 0. The molecule has 1 aliphatic heterocycles. The van der Waals surface area contributed by atoms with Crippen molar-refractivity contribution in [3.63, 3.8) is 0 Å². The van der Waals surface area contributed by atoms with E-state index in [-0.39, 0.29) is 11.3 Å². The molecule has 0 bridgehead atoms. The fourth-order valence-corrected chi connectivity index (χ4v) is 3.40. The largest absolute Gasteiger partial charge is 0.381 e. The summed E-state index contributed by atoms with van der Waals surface area (Å²) in [6, 6.07) is 6.50. The van der Waals surface area contributed by atoms with Gasteiger partial charge in [-0.15, -0.1) is 0 Å². The second kappa shape index (κ2) is 5.80. The average Bonchev–Trinajstić information content (AvgIpc) is 3.26. The quantitative estimate of drug-likeness (QED) is 0.924. The SMILES string of the molecule is Cc1cc(C)cc(C2(C(=O)NC[C@H]3CCCOC3)CC2)c1. The van der Waals surface area contributed by atoms with E-state index in [2.05, 4.69) is 37.4 Å². The molecule has 1 amide bonds. The van der Waals surface area contributed by atoms with Crippen LogP contribution in [0.1, 0.15) is 42.4 Å². The maximum Gasteiger partial charge on any atom is 0.230 e. The van der Waals surface area contributed by atoms with E-state index in [0.29, 0.717) is 5.92 Å². The number of carbonyl (C=O) groups excluding carboxylic acids is 1. The van der Waals surface area contributed by atoms with Crippen molar-refractivity contribution in [3.8, 4) is 0 Å². The topological polar surface area (TPSA) is 38.3 Å². The third kappa shape index (κ3) is 3.13. The van der Waals surface area contributed by atoms with Crippen molar-refractivity contribution in [2.75, 3.05) is 19.8 Å². The molecule has 0 aromatic heterocycles. The molecular weight excluding hydrogens is 262 g/mol. The lowest BCUT2D eigenvalue weighted by molar-refractivity contribution is -0.124. The molecule has 1 aromatic rings. The number of carbonyl (C=O) groups is 1. The van der Waals surface area contributed by atoms with Crippen LogP contribution in [0.15, 0.2) is 18.2 Å². The Morgan fingerprint density at radius 1 is 1.29 bits per heavy atom. The van der Waals surface area contributed by atoms with Gasteiger partial charge in [0.1, 0.15) is 0 Å². The fourth-order valence-electron chi connectivity index (χ4n) is 3.40. The van der Waals surface area contributed by atoms with Crippen LogP contribution in [0.4, 0.5) is 0 Å². The normalized spacial score (nSPS) is 23.6. The number of amides is 1. The summed E-state index contributed by atoms with van der Waals surface area (Å²) in [5.74, 6) is 0.691. The summed E-state index contributed by atoms with van der Waals surface area (Å²) in [5, 5.41) is 3.17. The summed E-state index contributed by atoms with van der Waals surface area (Å²) in [6.07, 6.45) is 4.23. The van der Waals surface area contributed by atoms with Crippen LogP contribution >= 0.6 is 0 Å². The molecule has 3 rings (SSSR count). The molecule has 114 valence electrons. The van der Waals surface area contributed by atoms with Gasteiger partial charge in [0.05, 0.1) is 12.0 Å². The minimum absolute atomic E-state index is 0.207. The first-order valence-corrected chi connectivity index (χ1v) is 8.05. The van der Waals surface area contributed by atoms with Crippen molar-refractivity contribution in [1.82, 2.24) is 5.32 Å². The molecule has 0 spiro atoms. The molecule has 1 saturated heterocycles. The Kier molecular flexibility index (Phi) is 4.03. The van der Waals surface area contributed by atoms with Gasteiger partial charge in [0.25, 0.3) is 0 Å². The summed E-state index contributed by atoms with van der Waals surface area (Å²) in [4.78, 5) is 12.6. The summed E-state index contributed by atoms with van der Waals surface area (Å²) < 4.78 is 5.48. The van der Waals surface area contributed by atoms with Crippen LogP contribution in [0, 0.1) is 19.8 Å². The van der Waals surface area contributed by atoms with Gasteiger partial charge < -0.3 is 10.1 Å². The van der Waals surface area contributed by atoms with Gasteiger partial charge in [-0.2, -0.15) is 0 Å². The van der Waals surface area contributed by atoms with Crippen molar-refractivity contribution in [2.45, 2.75) is 44.9 Å². The smallest absolute Gasteiger partial charge is 0.230 e. The highest BCUT2D eigenvalue weighted by molar-refractivity contribution is 5.91. The van der Waals surface area contributed by atoms with E-state index in [1.165, 1.54) is 16.7 Å². The van der Waals surface area contributed by atoms with Crippen LogP contribution in [-0.2, 0) is 14.9 Å². The Morgan fingerprint density at radius 3 is 2.57 bits per heavy atom. The first kappa shape index (κ1) is 14.6. The molecule has 1 N–H and O–H groups in total. The van der Waals surface area contributed by atoms with Crippen LogP contribution < -0.4 is 5.32 Å². The first-order chi connectivity index (χ1) is 10.1. The van der Waals surface area contributed by atoms with Crippen LogP contribution in [0.3, 0.4) is 0 Å². The monoisotopic (exact) mass is 287 g/mol. The molecule has 0 unspecified atom stereocenters. The molecule has 1 aliphatic carbocycles. The van der Waals surface area contributed by atoms with Crippen molar-refractivity contribution < 1.29 is 9.53 Å².